The molecule has 0 bridgehead atoms. The Hall–Kier alpha value is -3.35. The molecular weight excluding hydrogens is 362 g/mol. The highest BCUT2D eigenvalue weighted by Crippen LogP contribution is 2.13. The summed E-state index contributed by atoms with van der Waals surface area (Å²) in [4.78, 5) is 35.5. The summed E-state index contributed by atoms with van der Waals surface area (Å²) in [5, 5.41) is 2.60. The van der Waals surface area contributed by atoms with Crippen LogP contribution in [-0.4, -0.2) is 37.7 Å². The van der Waals surface area contributed by atoms with Crippen molar-refractivity contribution in [3.63, 3.8) is 0 Å². The summed E-state index contributed by atoms with van der Waals surface area (Å²) >= 11 is 0. The number of anilines is 1. The number of hydrogen-bond donors (Lipinski definition) is 1. The number of esters is 2. The zero-order chi connectivity index (χ0) is 20.5. The van der Waals surface area contributed by atoms with Crippen molar-refractivity contribution in [2.45, 2.75) is 26.4 Å². The van der Waals surface area contributed by atoms with E-state index in [0.29, 0.717) is 17.0 Å². The fourth-order valence-electron chi connectivity index (χ4n) is 2.28. The molecule has 1 amide bonds. The van der Waals surface area contributed by atoms with E-state index < -0.39 is 24.5 Å². The number of amides is 1. The van der Waals surface area contributed by atoms with E-state index in [2.05, 4.69) is 5.32 Å². The Kier molecular flexibility index (Phi) is 7.56. The van der Waals surface area contributed by atoms with Crippen LogP contribution in [0.15, 0.2) is 48.5 Å². The molecule has 0 aliphatic carbocycles. The Balaban J connectivity index is 1.78. The van der Waals surface area contributed by atoms with Gasteiger partial charge in [-0.25, -0.2) is 4.79 Å². The maximum Gasteiger partial charge on any atom is 0.338 e. The highest BCUT2D eigenvalue weighted by Gasteiger charge is 2.11. The lowest BCUT2D eigenvalue weighted by Gasteiger charge is -2.09. The monoisotopic (exact) mass is 385 g/mol. The molecule has 7 nitrogen and oxygen atoms in total. The minimum absolute atomic E-state index is 0.0595. The van der Waals surface area contributed by atoms with Crippen LogP contribution in [0.4, 0.5) is 5.69 Å². The van der Waals surface area contributed by atoms with Gasteiger partial charge in [-0.3, -0.25) is 9.59 Å². The first kappa shape index (κ1) is 21.0. The first-order chi connectivity index (χ1) is 13.4. The predicted molar refractivity (Wildman–Crippen MR) is 103 cm³/mol. The smallest absolute Gasteiger partial charge is 0.338 e. The second-order valence-electron chi connectivity index (χ2n) is 6.27. The van der Waals surface area contributed by atoms with Crippen molar-refractivity contribution in [2.75, 3.05) is 19.0 Å². The molecule has 0 saturated carbocycles. The summed E-state index contributed by atoms with van der Waals surface area (Å²) in [6.45, 7) is 3.14. The van der Waals surface area contributed by atoms with Gasteiger partial charge in [0.15, 0.2) is 6.61 Å². The van der Waals surface area contributed by atoms with Gasteiger partial charge in [0.05, 0.1) is 25.2 Å². The summed E-state index contributed by atoms with van der Waals surface area (Å²) in [5.41, 5.74) is 1.63. The molecule has 0 unspecified atom stereocenters. The first-order valence-electron chi connectivity index (χ1n) is 8.77. The molecule has 0 fully saturated rings. The van der Waals surface area contributed by atoms with E-state index in [1.165, 1.54) is 0 Å². The van der Waals surface area contributed by atoms with Gasteiger partial charge in [0.2, 0.25) is 0 Å². The van der Waals surface area contributed by atoms with E-state index in [-0.39, 0.29) is 12.5 Å². The van der Waals surface area contributed by atoms with Crippen LogP contribution in [0, 0.1) is 0 Å². The number of methoxy groups -OCH3 is 1. The molecule has 0 radical (unpaired) electrons. The van der Waals surface area contributed by atoms with Crippen LogP contribution in [0.25, 0.3) is 0 Å². The summed E-state index contributed by atoms with van der Waals surface area (Å²) in [7, 11) is 1.56. The van der Waals surface area contributed by atoms with Gasteiger partial charge in [0.25, 0.3) is 5.91 Å². The van der Waals surface area contributed by atoms with E-state index in [1.807, 2.05) is 0 Å². The Morgan fingerprint density at radius 3 is 2.18 bits per heavy atom. The third kappa shape index (κ3) is 6.75. The molecule has 0 saturated heterocycles. The molecule has 7 heteroatoms. The Bertz CT molecular complexity index is 812. The SMILES string of the molecule is COc1ccc(CC(=O)OCC(=O)Nc2ccc(C(=O)OC(C)C)cc2)cc1. The molecule has 0 heterocycles. The number of carbonyl (C=O) groups is 3. The number of carbonyl (C=O) groups excluding carboxylic acids is 3. The minimum Gasteiger partial charge on any atom is -0.497 e. The maximum absolute atomic E-state index is 11.9. The van der Waals surface area contributed by atoms with Gasteiger partial charge in [-0.05, 0) is 55.8 Å². The largest absolute Gasteiger partial charge is 0.497 e. The van der Waals surface area contributed by atoms with Crippen molar-refractivity contribution < 1.29 is 28.6 Å². The van der Waals surface area contributed by atoms with Crippen LogP contribution in [-0.2, 0) is 25.5 Å². The molecule has 0 aliphatic rings. The summed E-state index contributed by atoms with van der Waals surface area (Å²) in [6, 6.07) is 13.3. The second-order valence-corrected chi connectivity index (χ2v) is 6.27. The molecule has 0 aromatic heterocycles. The van der Waals surface area contributed by atoms with Crippen molar-refractivity contribution in [1.82, 2.24) is 0 Å². The van der Waals surface area contributed by atoms with Gasteiger partial charge in [0, 0.05) is 5.69 Å². The van der Waals surface area contributed by atoms with Crippen molar-refractivity contribution in [2.24, 2.45) is 0 Å². The Morgan fingerprint density at radius 1 is 0.964 bits per heavy atom. The lowest BCUT2D eigenvalue weighted by molar-refractivity contribution is -0.146. The summed E-state index contributed by atoms with van der Waals surface area (Å²) in [5.74, 6) is -0.715. The van der Waals surface area contributed by atoms with Gasteiger partial charge in [-0.2, -0.15) is 0 Å². The van der Waals surface area contributed by atoms with Crippen molar-refractivity contribution in [1.29, 1.82) is 0 Å². The molecule has 0 spiro atoms. The van der Waals surface area contributed by atoms with Crippen LogP contribution in [0.5, 0.6) is 5.75 Å². The maximum atomic E-state index is 11.9. The topological polar surface area (TPSA) is 90.9 Å². The molecule has 1 N–H and O–H groups in total. The van der Waals surface area contributed by atoms with Crippen LogP contribution in [0.1, 0.15) is 29.8 Å². The number of ether oxygens (including phenoxy) is 3. The van der Waals surface area contributed by atoms with E-state index in [0.717, 1.165) is 5.56 Å². The van der Waals surface area contributed by atoms with Gasteiger partial charge >= 0.3 is 11.9 Å². The zero-order valence-electron chi connectivity index (χ0n) is 16.1. The Morgan fingerprint density at radius 2 is 1.61 bits per heavy atom. The van der Waals surface area contributed by atoms with Crippen molar-refractivity contribution in [3.05, 3.63) is 59.7 Å². The average Bonchev–Trinajstić information content (AvgIpc) is 2.67. The third-order valence-corrected chi connectivity index (χ3v) is 3.62. The van der Waals surface area contributed by atoms with Crippen LogP contribution in [0.3, 0.4) is 0 Å². The quantitative estimate of drug-likeness (QED) is 0.703. The fourth-order valence-corrected chi connectivity index (χ4v) is 2.28. The fraction of sp³-hybridized carbons (Fsp3) is 0.286. The van der Waals surface area contributed by atoms with Crippen LogP contribution >= 0.6 is 0 Å². The average molecular weight is 385 g/mol. The zero-order valence-corrected chi connectivity index (χ0v) is 16.1. The Labute approximate surface area is 163 Å². The van der Waals surface area contributed by atoms with Gasteiger partial charge in [0.1, 0.15) is 5.75 Å². The third-order valence-electron chi connectivity index (χ3n) is 3.62. The number of nitrogens with one attached hydrogen (secondary N) is 1. The molecule has 0 aliphatic heterocycles. The molecular formula is C21H23NO6. The first-order valence-corrected chi connectivity index (χ1v) is 8.77. The highest BCUT2D eigenvalue weighted by atomic mass is 16.5. The lowest BCUT2D eigenvalue weighted by atomic mass is 10.1. The number of benzene rings is 2. The summed E-state index contributed by atoms with van der Waals surface area (Å²) < 4.78 is 15.1. The highest BCUT2D eigenvalue weighted by molar-refractivity contribution is 5.94. The molecule has 28 heavy (non-hydrogen) atoms. The number of rotatable bonds is 8. The van der Waals surface area contributed by atoms with Gasteiger partial charge < -0.3 is 19.5 Å². The molecule has 2 rings (SSSR count). The van der Waals surface area contributed by atoms with E-state index >= 15 is 0 Å². The van der Waals surface area contributed by atoms with E-state index in [9.17, 15) is 14.4 Å². The number of hydrogen-bond acceptors (Lipinski definition) is 6. The van der Waals surface area contributed by atoms with E-state index in [4.69, 9.17) is 14.2 Å². The minimum atomic E-state index is -0.507. The molecule has 2 aromatic carbocycles. The second kappa shape index (κ2) is 10.1. The lowest BCUT2D eigenvalue weighted by Crippen LogP contribution is -2.21. The molecule has 0 atom stereocenters. The predicted octanol–water partition coefficient (Wildman–Crippen LogP) is 2.98. The van der Waals surface area contributed by atoms with Crippen molar-refractivity contribution >= 4 is 23.5 Å². The standard InChI is InChI=1S/C21H23NO6/c1-14(2)28-21(25)16-6-8-17(9-7-16)22-19(23)13-27-20(24)12-15-4-10-18(26-3)11-5-15/h4-11,14H,12-13H2,1-3H3,(H,22,23). The van der Waals surface area contributed by atoms with Crippen LogP contribution < -0.4 is 10.1 Å². The van der Waals surface area contributed by atoms with E-state index in [1.54, 1.807) is 69.5 Å². The normalized spacial score (nSPS) is 10.3. The van der Waals surface area contributed by atoms with Crippen LogP contribution in [0.2, 0.25) is 0 Å². The van der Waals surface area contributed by atoms with Gasteiger partial charge in [-0.15, -0.1) is 0 Å². The molecule has 148 valence electrons. The van der Waals surface area contributed by atoms with Crippen molar-refractivity contribution in [3.8, 4) is 5.75 Å². The molecule has 2 aromatic rings. The van der Waals surface area contributed by atoms with Gasteiger partial charge in [-0.1, -0.05) is 12.1 Å². The summed E-state index contributed by atoms with van der Waals surface area (Å²) in [6.07, 6.45) is -0.149.